The van der Waals surface area contributed by atoms with Gasteiger partial charge < -0.3 is 15.2 Å². The Hall–Kier alpha value is -1.18. The van der Waals surface area contributed by atoms with Crippen LogP contribution in [-0.2, 0) is 16.5 Å². The SMILES string of the molecule is COCCNCC(C)(O)c1ccc(F)c(C(F)(F)F)c1. The van der Waals surface area contributed by atoms with Crippen LogP contribution in [0.4, 0.5) is 17.6 Å². The monoisotopic (exact) mass is 295 g/mol. The second-order valence-electron chi connectivity index (χ2n) is 4.64. The fraction of sp³-hybridized carbons (Fsp3) is 0.538. The van der Waals surface area contributed by atoms with Gasteiger partial charge >= 0.3 is 6.18 Å². The molecular weight excluding hydrogens is 278 g/mol. The first-order valence-electron chi connectivity index (χ1n) is 5.98. The highest BCUT2D eigenvalue weighted by molar-refractivity contribution is 5.31. The molecule has 3 nitrogen and oxygen atoms in total. The van der Waals surface area contributed by atoms with E-state index in [4.69, 9.17) is 4.74 Å². The molecule has 0 bridgehead atoms. The number of alkyl halides is 3. The maximum absolute atomic E-state index is 13.2. The third-order valence-electron chi connectivity index (χ3n) is 2.85. The molecule has 1 unspecified atom stereocenters. The smallest absolute Gasteiger partial charge is 0.384 e. The predicted molar refractivity (Wildman–Crippen MR) is 65.7 cm³/mol. The molecule has 2 N–H and O–H groups in total. The number of benzene rings is 1. The first-order chi connectivity index (χ1) is 9.18. The Kier molecular flexibility index (Phi) is 5.50. The van der Waals surface area contributed by atoms with E-state index in [0.717, 1.165) is 6.07 Å². The zero-order valence-electron chi connectivity index (χ0n) is 11.2. The van der Waals surface area contributed by atoms with Crippen LogP contribution in [0.2, 0.25) is 0 Å². The zero-order valence-corrected chi connectivity index (χ0v) is 11.2. The van der Waals surface area contributed by atoms with Crippen molar-refractivity contribution in [1.82, 2.24) is 5.32 Å². The van der Waals surface area contributed by atoms with Gasteiger partial charge in [0.1, 0.15) is 5.82 Å². The molecule has 0 radical (unpaired) electrons. The Bertz CT molecular complexity index is 446. The number of rotatable bonds is 6. The van der Waals surface area contributed by atoms with Crippen molar-refractivity contribution in [3.8, 4) is 0 Å². The highest BCUT2D eigenvalue weighted by Gasteiger charge is 2.36. The lowest BCUT2D eigenvalue weighted by molar-refractivity contribution is -0.140. The summed E-state index contributed by atoms with van der Waals surface area (Å²) in [6.45, 7) is 2.24. The summed E-state index contributed by atoms with van der Waals surface area (Å²) >= 11 is 0. The van der Waals surface area contributed by atoms with Crippen LogP contribution < -0.4 is 5.32 Å². The standard InChI is InChI=1S/C13H17F4NO2/c1-12(19,8-18-5-6-20-2)9-3-4-11(14)10(7-9)13(15,16)17/h3-4,7,18-19H,5-6,8H2,1-2H3. The maximum atomic E-state index is 13.2. The Morgan fingerprint density at radius 3 is 2.50 bits per heavy atom. The zero-order chi connectivity index (χ0) is 15.4. The van der Waals surface area contributed by atoms with Gasteiger partial charge in [0.25, 0.3) is 0 Å². The summed E-state index contributed by atoms with van der Waals surface area (Å²) in [5.41, 5.74) is -2.93. The molecule has 0 aromatic heterocycles. The number of aliphatic hydroxyl groups is 1. The van der Waals surface area contributed by atoms with Crippen LogP contribution in [-0.4, -0.2) is 31.9 Å². The van der Waals surface area contributed by atoms with Crippen molar-refractivity contribution in [2.75, 3.05) is 26.8 Å². The normalized spacial score (nSPS) is 15.2. The molecular formula is C13H17F4NO2. The Balaban J connectivity index is 2.90. The van der Waals surface area contributed by atoms with Gasteiger partial charge in [0.2, 0.25) is 0 Å². The van der Waals surface area contributed by atoms with Gasteiger partial charge in [-0.2, -0.15) is 13.2 Å². The van der Waals surface area contributed by atoms with E-state index in [-0.39, 0.29) is 12.1 Å². The predicted octanol–water partition coefficient (Wildman–Crippen LogP) is 2.29. The molecule has 1 aromatic carbocycles. The molecule has 0 saturated carbocycles. The van der Waals surface area contributed by atoms with Gasteiger partial charge in [0.15, 0.2) is 0 Å². The lowest BCUT2D eigenvalue weighted by Gasteiger charge is -2.25. The minimum absolute atomic E-state index is 0.00357. The Morgan fingerprint density at radius 1 is 1.30 bits per heavy atom. The Labute approximate surface area is 114 Å². The number of ether oxygens (including phenoxy) is 1. The highest BCUT2D eigenvalue weighted by Crippen LogP contribution is 2.34. The van der Waals surface area contributed by atoms with E-state index in [1.54, 1.807) is 0 Å². The maximum Gasteiger partial charge on any atom is 0.419 e. The number of hydrogen-bond acceptors (Lipinski definition) is 3. The molecule has 114 valence electrons. The highest BCUT2D eigenvalue weighted by atomic mass is 19.4. The summed E-state index contributed by atoms with van der Waals surface area (Å²) in [5.74, 6) is -1.36. The van der Waals surface area contributed by atoms with Gasteiger partial charge in [-0.15, -0.1) is 0 Å². The minimum Gasteiger partial charge on any atom is -0.384 e. The van der Waals surface area contributed by atoms with E-state index in [0.29, 0.717) is 25.3 Å². The summed E-state index contributed by atoms with van der Waals surface area (Å²) in [6, 6.07) is 2.48. The summed E-state index contributed by atoms with van der Waals surface area (Å²) in [7, 11) is 1.51. The molecule has 0 fully saturated rings. The fourth-order valence-electron chi connectivity index (χ4n) is 1.69. The average molecular weight is 295 g/mol. The van der Waals surface area contributed by atoms with Crippen LogP contribution in [0.1, 0.15) is 18.1 Å². The lowest BCUT2D eigenvalue weighted by atomic mass is 9.94. The molecule has 7 heteroatoms. The quantitative estimate of drug-likeness (QED) is 0.625. The number of methoxy groups -OCH3 is 1. The van der Waals surface area contributed by atoms with Crippen molar-refractivity contribution in [2.45, 2.75) is 18.7 Å². The number of hydrogen-bond donors (Lipinski definition) is 2. The first kappa shape index (κ1) is 16.9. The molecule has 1 atom stereocenters. The van der Waals surface area contributed by atoms with Crippen LogP contribution in [0.15, 0.2) is 18.2 Å². The molecule has 0 heterocycles. The van der Waals surface area contributed by atoms with Gasteiger partial charge in [-0.1, -0.05) is 6.07 Å². The first-order valence-corrected chi connectivity index (χ1v) is 5.98. The van der Waals surface area contributed by atoms with Crippen molar-refractivity contribution in [3.63, 3.8) is 0 Å². The molecule has 0 spiro atoms. The second kappa shape index (κ2) is 6.51. The molecule has 0 amide bonds. The van der Waals surface area contributed by atoms with Crippen LogP contribution in [0.25, 0.3) is 0 Å². The summed E-state index contributed by atoms with van der Waals surface area (Å²) < 4.78 is 55.8. The lowest BCUT2D eigenvalue weighted by Crippen LogP contribution is -2.37. The third-order valence-corrected chi connectivity index (χ3v) is 2.85. The van der Waals surface area contributed by atoms with E-state index in [9.17, 15) is 22.7 Å². The van der Waals surface area contributed by atoms with E-state index in [1.165, 1.54) is 14.0 Å². The molecule has 1 aromatic rings. The molecule has 20 heavy (non-hydrogen) atoms. The largest absolute Gasteiger partial charge is 0.419 e. The summed E-state index contributed by atoms with van der Waals surface area (Å²) in [4.78, 5) is 0. The van der Waals surface area contributed by atoms with Crippen molar-refractivity contribution in [3.05, 3.63) is 35.1 Å². The average Bonchev–Trinajstić information content (AvgIpc) is 2.33. The van der Waals surface area contributed by atoms with Gasteiger partial charge in [-0.25, -0.2) is 4.39 Å². The van der Waals surface area contributed by atoms with Crippen LogP contribution in [0, 0.1) is 5.82 Å². The number of halogens is 4. The summed E-state index contributed by atoms with van der Waals surface area (Å²) in [5, 5.41) is 13.0. The molecule has 0 saturated heterocycles. The van der Waals surface area contributed by atoms with Gasteiger partial charge in [-0.05, 0) is 24.6 Å². The van der Waals surface area contributed by atoms with Gasteiger partial charge in [0.05, 0.1) is 17.8 Å². The topological polar surface area (TPSA) is 41.5 Å². The van der Waals surface area contributed by atoms with Crippen molar-refractivity contribution >= 4 is 0 Å². The van der Waals surface area contributed by atoms with Crippen LogP contribution in [0.3, 0.4) is 0 Å². The van der Waals surface area contributed by atoms with Crippen molar-refractivity contribution in [2.24, 2.45) is 0 Å². The van der Waals surface area contributed by atoms with E-state index in [1.807, 2.05) is 0 Å². The summed E-state index contributed by atoms with van der Waals surface area (Å²) in [6.07, 6.45) is -4.79. The van der Waals surface area contributed by atoms with Gasteiger partial charge in [-0.3, -0.25) is 0 Å². The van der Waals surface area contributed by atoms with Crippen LogP contribution >= 0.6 is 0 Å². The molecule has 1 rings (SSSR count). The molecule has 0 aliphatic rings. The van der Waals surface area contributed by atoms with E-state index >= 15 is 0 Å². The van der Waals surface area contributed by atoms with E-state index in [2.05, 4.69) is 5.32 Å². The molecule has 0 aliphatic heterocycles. The van der Waals surface area contributed by atoms with Crippen molar-refractivity contribution in [1.29, 1.82) is 0 Å². The minimum atomic E-state index is -4.79. The number of nitrogens with one attached hydrogen (secondary N) is 1. The fourth-order valence-corrected chi connectivity index (χ4v) is 1.69. The molecule has 0 aliphatic carbocycles. The second-order valence-corrected chi connectivity index (χ2v) is 4.64. The Morgan fingerprint density at radius 2 is 1.95 bits per heavy atom. The van der Waals surface area contributed by atoms with Crippen LogP contribution in [0.5, 0.6) is 0 Å². The third kappa shape index (κ3) is 4.43. The van der Waals surface area contributed by atoms with Crippen molar-refractivity contribution < 1.29 is 27.4 Å². The van der Waals surface area contributed by atoms with E-state index < -0.39 is 23.2 Å². The van der Waals surface area contributed by atoms with Gasteiger partial charge in [0, 0.05) is 20.2 Å².